The Kier molecular flexibility index (Phi) is 6.49. The molecule has 1 saturated heterocycles. The van der Waals surface area contributed by atoms with Crippen molar-refractivity contribution in [2.24, 2.45) is 11.8 Å². The minimum absolute atomic E-state index is 0.0992. The SMILES string of the molecule is CCC(CC)N(CC(C)C)C(=O)C1CCS(=O)(=O)CC1. The van der Waals surface area contributed by atoms with E-state index in [9.17, 15) is 13.2 Å². The molecule has 0 saturated carbocycles. The van der Waals surface area contributed by atoms with Crippen LogP contribution in [0.4, 0.5) is 0 Å². The van der Waals surface area contributed by atoms with Crippen LogP contribution in [-0.4, -0.2) is 43.3 Å². The fourth-order valence-corrected chi connectivity index (χ4v) is 4.40. The predicted octanol–water partition coefficient (Wildman–Crippen LogP) is 2.48. The molecule has 118 valence electrons. The Balaban J connectivity index is 2.77. The van der Waals surface area contributed by atoms with Crippen LogP contribution >= 0.6 is 0 Å². The van der Waals surface area contributed by atoms with Crippen LogP contribution < -0.4 is 0 Å². The average molecular weight is 303 g/mol. The zero-order valence-electron chi connectivity index (χ0n) is 13.3. The molecule has 0 spiro atoms. The highest BCUT2D eigenvalue weighted by atomic mass is 32.2. The maximum absolute atomic E-state index is 12.7. The standard InChI is InChI=1S/C15H29NO3S/c1-5-14(6-2)16(11-12(3)4)15(17)13-7-9-20(18,19)10-8-13/h12-14H,5-11H2,1-4H3. The minimum Gasteiger partial charge on any atom is -0.339 e. The molecule has 1 aliphatic rings. The normalized spacial score (nSPS) is 19.5. The van der Waals surface area contributed by atoms with E-state index in [0.717, 1.165) is 19.4 Å². The van der Waals surface area contributed by atoms with Crippen molar-refractivity contribution in [3.05, 3.63) is 0 Å². The number of amides is 1. The summed E-state index contributed by atoms with van der Waals surface area (Å²) in [4.78, 5) is 14.7. The number of carbonyl (C=O) groups is 1. The lowest BCUT2D eigenvalue weighted by molar-refractivity contribution is -0.139. The van der Waals surface area contributed by atoms with Crippen molar-refractivity contribution in [2.45, 2.75) is 59.4 Å². The lowest BCUT2D eigenvalue weighted by Gasteiger charge is -2.36. The van der Waals surface area contributed by atoms with Crippen molar-refractivity contribution in [3.63, 3.8) is 0 Å². The third-order valence-corrected chi connectivity index (χ3v) is 5.85. The summed E-state index contributed by atoms with van der Waals surface area (Å²) in [6.07, 6.45) is 2.91. The largest absolute Gasteiger partial charge is 0.339 e. The lowest BCUT2D eigenvalue weighted by atomic mass is 9.98. The van der Waals surface area contributed by atoms with E-state index in [4.69, 9.17) is 0 Å². The van der Waals surface area contributed by atoms with E-state index in [2.05, 4.69) is 27.7 Å². The summed E-state index contributed by atoms with van der Waals surface area (Å²) in [6.45, 7) is 9.23. The maximum Gasteiger partial charge on any atom is 0.226 e. The second-order valence-electron chi connectivity index (χ2n) is 6.28. The van der Waals surface area contributed by atoms with Crippen molar-refractivity contribution in [2.75, 3.05) is 18.1 Å². The van der Waals surface area contributed by atoms with Crippen molar-refractivity contribution < 1.29 is 13.2 Å². The smallest absolute Gasteiger partial charge is 0.226 e. The van der Waals surface area contributed by atoms with Gasteiger partial charge in [-0.25, -0.2) is 8.42 Å². The molecule has 0 atom stereocenters. The Hall–Kier alpha value is -0.580. The van der Waals surface area contributed by atoms with Gasteiger partial charge in [0, 0.05) is 18.5 Å². The van der Waals surface area contributed by atoms with Crippen LogP contribution in [0.3, 0.4) is 0 Å². The molecule has 0 bridgehead atoms. The van der Waals surface area contributed by atoms with Gasteiger partial charge >= 0.3 is 0 Å². The molecular weight excluding hydrogens is 274 g/mol. The van der Waals surface area contributed by atoms with E-state index in [-0.39, 0.29) is 29.4 Å². The Labute approximate surface area is 123 Å². The fourth-order valence-electron chi connectivity index (χ4n) is 2.91. The van der Waals surface area contributed by atoms with E-state index in [1.807, 2.05) is 4.90 Å². The number of rotatable bonds is 6. The highest BCUT2D eigenvalue weighted by Crippen LogP contribution is 2.24. The van der Waals surface area contributed by atoms with Gasteiger partial charge in [0.1, 0.15) is 9.84 Å². The second-order valence-corrected chi connectivity index (χ2v) is 8.58. The molecule has 0 aromatic rings. The predicted molar refractivity (Wildman–Crippen MR) is 82.3 cm³/mol. The van der Waals surface area contributed by atoms with Crippen molar-refractivity contribution in [1.82, 2.24) is 4.90 Å². The van der Waals surface area contributed by atoms with Gasteiger partial charge < -0.3 is 4.90 Å². The zero-order valence-corrected chi connectivity index (χ0v) is 14.1. The summed E-state index contributed by atoms with van der Waals surface area (Å²) in [5, 5.41) is 0. The van der Waals surface area contributed by atoms with Crippen molar-refractivity contribution in [1.29, 1.82) is 0 Å². The third-order valence-electron chi connectivity index (χ3n) is 4.13. The lowest BCUT2D eigenvalue weighted by Crippen LogP contribution is -2.46. The molecule has 20 heavy (non-hydrogen) atoms. The van der Waals surface area contributed by atoms with Gasteiger partial charge in [0.2, 0.25) is 5.91 Å². The van der Waals surface area contributed by atoms with Crippen LogP contribution in [0.5, 0.6) is 0 Å². The molecule has 0 N–H and O–H groups in total. The van der Waals surface area contributed by atoms with Gasteiger partial charge in [-0.2, -0.15) is 0 Å². The summed E-state index contributed by atoms with van der Waals surface area (Å²) in [7, 11) is -2.90. The fraction of sp³-hybridized carbons (Fsp3) is 0.933. The summed E-state index contributed by atoms with van der Waals surface area (Å²) in [5.41, 5.74) is 0. The van der Waals surface area contributed by atoms with Crippen LogP contribution in [0.25, 0.3) is 0 Å². The third kappa shape index (κ3) is 4.76. The van der Waals surface area contributed by atoms with Gasteiger partial charge in [-0.05, 0) is 31.6 Å². The molecule has 4 nitrogen and oxygen atoms in total. The number of hydrogen-bond acceptors (Lipinski definition) is 3. The van der Waals surface area contributed by atoms with Gasteiger partial charge in [-0.1, -0.05) is 27.7 Å². The number of carbonyl (C=O) groups excluding carboxylic acids is 1. The van der Waals surface area contributed by atoms with E-state index >= 15 is 0 Å². The molecule has 0 aliphatic carbocycles. The Morgan fingerprint density at radius 3 is 2.05 bits per heavy atom. The van der Waals surface area contributed by atoms with E-state index in [1.165, 1.54) is 0 Å². The van der Waals surface area contributed by atoms with Gasteiger partial charge in [0.15, 0.2) is 0 Å². The molecule has 1 amide bonds. The highest BCUT2D eigenvalue weighted by molar-refractivity contribution is 7.91. The van der Waals surface area contributed by atoms with Crippen LogP contribution in [0, 0.1) is 11.8 Å². The number of hydrogen-bond donors (Lipinski definition) is 0. The van der Waals surface area contributed by atoms with Gasteiger partial charge in [0.05, 0.1) is 11.5 Å². The molecule has 1 aliphatic heterocycles. The molecule has 5 heteroatoms. The monoisotopic (exact) mass is 303 g/mol. The molecule has 0 aromatic carbocycles. The quantitative estimate of drug-likeness (QED) is 0.757. The summed E-state index contributed by atoms with van der Waals surface area (Å²) < 4.78 is 23.0. The number of nitrogens with zero attached hydrogens (tertiary/aromatic N) is 1. The second kappa shape index (κ2) is 7.43. The van der Waals surface area contributed by atoms with Gasteiger partial charge in [0.25, 0.3) is 0 Å². The summed E-state index contributed by atoms with van der Waals surface area (Å²) in [6, 6.07) is 0.281. The zero-order chi connectivity index (χ0) is 15.3. The van der Waals surface area contributed by atoms with E-state index in [0.29, 0.717) is 18.8 Å². The van der Waals surface area contributed by atoms with Crippen molar-refractivity contribution in [3.8, 4) is 0 Å². The van der Waals surface area contributed by atoms with E-state index < -0.39 is 9.84 Å². The highest BCUT2D eigenvalue weighted by Gasteiger charge is 2.33. The molecule has 1 heterocycles. The van der Waals surface area contributed by atoms with Crippen LogP contribution in [-0.2, 0) is 14.6 Å². The number of sulfone groups is 1. The summed E-state index contributed by atoms with van der Waals surface area (Å²) >= 11 is 0. The summed E-state index contributed by atoms with van der Waals surface area (Å²) in [5.74, 6) is 0.844. The minimum atomic E-state index is -2.90. The first-order valence-corrected chi connectivity index (χ1v) is 9.63. The van der Waals surface area contributed by atoms with Crippen LogP contribution in [0.2, 0.25) is 0 Å². The molecule has 1 rings (SSSR count). The van der Waals surface area contributed by atoms with Gasteiger partial charge in [-0.15, -0.1) is 0 Å². The van der Waals surface area contributed by atoms with Crippen LogP contribution in [0.15, 0.2) is 0 Å². The topological polar surface area (TPSA) is 54.5 Å². The van der Waals surface area contributed by atoms with Crippen LogP contribution in [0.1, 0.15) is 53.4 Å². The average Bonchev–Trinajstić information content (AvgIpc) is 2.37. The Morgan fingerprint density at radius 1 is 1.15 bits per heavy atom. The molecule has 1 fully saturated rings. The molecule has 0 aromatic heterocycles. The van der Waals surface area contributed by atoms with Crippen molar-refractivity contribution >= 4 is 15.7 Å². The first-order chi connectivity index (χ1) is 9.30. The molecule has 0 radical (unpaired) electrons. The first kappa shape index (κ1) is 17.5. The maximum atomic E-state index is 12.7. The van der Waals surface area contributed by atoms with Gasteiger partial charge in [-0.3, -0.25) is 4.79 Å². The Morgan fingerprint density at radius 2 is 1.65 bits per heavy atom. The first-order valence-electron chi connectivity index (χ1n) is 7.81. The van der Waals surface area contributed by atoms with E-state index in [1.54, 1.807) is 0 Å². The Bertz CT molecular complexity index is 399. The molecule has 0 unspecified atom stereocenters. The molecular formula is C15H29NO3S.